The smallest absolute Gasteiger partial charge is 0.269 e. The molecule has 0 bridgehead atoms. The Labute approximate surface area is 188 Å². The van der Waals surface area contributed by atoms with Crippen molar-refractivity contribution in [3.63, 3.8) is 0 Å². The highest BCUT2D eigenvalue weighted by atomic mass is 127. The second-order valence-corrected chi connectivity index (χ2v) is 6.99. The molecule has 1 atom stereocenters. The van der Waals surface area contributed by atoms with E-state index >= 15 is 0 Å². The third-order valence-electron chi connectivity index (χ3n) is 5.04. The molecule has 0 spiro atoms. The zero-order chi connectivity index (χ0) is 19.8. The van der Waals surface area contributed by atoms with Gasteiger partial charge in [0.25, 0.3) is 5.69 Å². The van der Waals surface area contributed by atoms with Gasteiger partial charge >= 0.3 is 0 Å². The predicted molar refractivity (Wildman–Crippen MR) is 127 cm³/mol. The second-order valence-electron chi connectivity index (χ2n) is 6.99. The van der Waals surface area contributed by atoms with Gasteiger partial charge in [0.2, 0.25) is 0 Å². The Morgan fingerprint density at radius 1 is 1.17 bits per heavy atom. The summed E-state index contributed by atoms with van der Waals surface area (Å²) < 4.78 is 0. The second kappa shape index (κ2) is 11.7. The first-order chi connectivity index (χ1) is 13.7. The first-order valence-corrected chi connectivity index (χ1v) is 9.61. The van der Waals surface area contributed by atoms with Gasteiger partial charge in [0.1, 0.15) is 0 Å². The van der Waals surface area contributed by atoms with E-state index < -0.39 is 0 Å². The van der Waals surface area contributed by atoms with Gasteiger partial charge in [-0.25, -0.2) is 0 Å². The summed E-state index contributed by atoms with van der Waals surface area (Å²) >= 11 is 0. The summed E-state index contributed by atoms with van der Waals surface area (Å²) in [6.07, 6.45) is 2.38. The molecular formula is C21H28IN5O2. The summed E-state index contributed by atoms with van der Waals surface area (Å²) in [5, 5.41) is 17.5. The summed E-state index contributed by atoms with van der Waals surface area (Å²) in [6, 6.07) is 17.7. The molecule has 0 aliphatic carbocycles. The van der Waals surface area contributed by atoms with Crippen molar-refractivity contribution in [1.29, 1.82) is 0 Å². The molecule has 29 heavy (non-hydrogen) atoms. The van der Waals surface area contributed by atoms with Gasteiger partial charge in [0, 0.05) is 44.9 Å². The standard InChI is InChI=1S/C21H27N5O2.HI/c1-22-21(23-14-18-9-5-10-19(13-18)26(27)28)24-15-20-11-6-12-25(20)16-17-7-3-2-4-8-17;/h2-5,7-10,13,20H,6,11-12,14-16H2,1H3,(H2,22,23,24);1H. The topological polar surface area (TPSA) is 82.8 Å². The van der Waals surface area contributed by atoms with Crippen molar-refractivity contribution in [3.05, 3.63) is 75.8 Å². The fourth-order valence-electron chi connectivity index (χ4n) is 3.55. The number of rotatable bonds is 7. The number of halogens is 1. The van der Waals surface area contributed by atoms with Gasteiger partial charge in [-0.2, -0.15) is 0 Å². The molecule has 0 saturated carbocycles. The highest BCUT2D eigenvalue weighted by Crippen LogP contribution is 2.19. The fourth-order valence-corrected chi connectivity index (χ4v) is 3.55. The maximum Gasteiger partial charge on any atom is 0.269 e. The van der Waals surface area contributed by atoms with Crippen LogP contribution in [0.1, 0.15) is 24.0 Å². The Balaban J connectivity index is 0.00000300. The summed E-state index contributed by atoms with van der Waals surface area (Å²) in [6.45, 7) is 3.38. The van der Waals surface area contributed by atoms with Crippen molar-refractivity contribution in [3.8, 4) is 0 Å². The van der Waals surface area contributed by atoms with Crippen molar-refractivity contribution in [2.24, 2.45) is 4.99 Å². The highest BCUT2D eigenvalue weighted by Gasteiger charge is 2.24. The first-order valence-electron chi connectivity index (χ1n) is 9.61. The van der Waals surface area contributed by atoms with E-state index in [1.165, 1.54) is 24.5 Å². The van der Waals surface area contributed by atoms with Gasteiger partial charge in [-0.1, -0.05) is 42.5 Å². The summed E-state index contributed by atoms with van der Waals surface area (Å²) in [4.78, 5) is 17.3. The van der Waals surface area contributed by atoms with Crippen LogP contribution in [-0.4, -0.2) is 42.0 Å². The van der Waals surface area contributed by atoms with Crippen LogP contribution < -0.4 is 10.6 Å². The predicted octanol–water partition coefficient (Wildman–Crippen LogP) is 3.54. The lowest BCUT2D eigenvalue weighted by Gasteiger charge is -2.25. The lowest BCUT2D eigenvalue weighted by atomic mass is 10.2. The van der Waals surface area contributed by atoms with E-state index in [2.05, 4.69) is 44.8 Å². The molecule has 0 amide bonds. The number of hydrogen-bond donors (Lipinski definition) is 2. The van der Waals surface area contributed by atoms with E-state index in [1.54, 1.807) is 19.2 Å². The van der Waals surface area contributed by atoms with Crippen LogP contribution in [0.15, 0.2) is 59.6 Å². The number of aliphatic imine (C=N–C) groups is 1. The van der Waals surface area contributed by atoms with Crippen molar-refractivity contribution in [2.45, 2.75) is 32.0 Å². The van der Waals surface area contributed by atoms with E-state index in [1.807, 2.05) is 12.1 Å². The fraction of sp³-hybridized carbons (Fsp3) is 0.381. The van der Waals surface area contributed by atoms with Gasteiger partial charge in [-0.3, -0.25) is 20.0 Å². The molecule has 1 heterocycles. The quantitative estimate of drug-likeness (QED) is 0.196. The number of nitrogens with one attached hydrogen (secondary N) is 2. The monoisotopic (exact) mass is 509 g/mol. The summed E-state index contributed by atoms with van der Waals surface area (Å²) in [5.41, 5.74) is 2.29. The van der Waals surface area contributed by atoms with E-state index in [-0.39, 0.29) is 34.6 Å². The van der Waals surface area contributed by atoms with E-state index in [9.17, 15) is 10.1 Å². The van der Waals surface area contributed by atoms with Gasteiger partial charge in [0.15, 0.2) is 5.96 Å². The molecule has 3 rings (SSSR count). The maximum atomic E-state index is 10.9. The number of hydrogen-bond acceptors (Lipinski definition) is 4. The van der Waals surface area contributed by atoms with Crippen LogP contribution in [0.25, 0.3) is 0 Å². The van der Waals surface area contributed by atoms with Crippen molar-refractivity contribution in [2.75, 3.05) is 20.1 Å². The van der Waals surface area contributed by atoms with E-state index in [4.69, 9.17) is 0 Å². The Bertz CT molecular complexity index is 816. The van der Waals surface area contributed by atoms with Crippen LogP contribution in [-0.2, 0) is 13.1 Å². The SMILES string of the molecule is CN=C(NCc1cccc([N+](=O)[O-])c1)NCC1CCCN1Cc1ccccc1.I. The van der Waals surface area contributed by atoms with Crippen LogP contribution in [0.4, 0.5) is 5.69 Å². The zero-order valence-corrected chi connectivity index (χ0v) is 18.9. The molecule has 2 aromatic rings. The lowest BCUT2D eigenvalue weighted by molar-refractivity contribution is -0.384. The van der Waals surface area contributed by atoms with E-state index in [0.717, 1.165) is 25.2 Å². The van der Waals surface area contributed by atoms with Crippen LogP contribution in [0.5, 0.6) is 0 Å². The average Bonchev–Trinajstić information content (AvgIpc) is 3.16. The lowest BCUT2D eigenvalue weighted by Crippen LogP contribution is -2.44. The van der Waals surface area contributed by atoms with Crippen LogP contribution in [0.2, 0.25) is 0 Å². The number of likely N-dealkylation sites (tertiary alicyclic amines) is 1. The minimum atomic E-state index is -0.377. The van der Waals surface area contributed by atoms with Gasteiger partial charge < -0.3 is 10.6 Å². The number of benzene rings is 2. The first kappa shape index (κ1) is 23.1. The van der Waals surface area contributed by atoms with Crippen LogP contribution in [0, 0.1) is 10.1 Å². The van der Waals surface area contributed by atoms with Gasteiger partial charge in [0.05, 0.1) is 4.92 Å². The number of nitro groups is 1. The maximum absolute atomic E-state index is 10.9. The molecule has 0 aromatic heterocycles. The minimum Gasteiger partial charge on any atom is -0.355 e. The molecule has 8 heteroatoms. The molecule has 0 radical (unpaired) electrons. The normalized spacial score (nSPS) is 16.9. The Morgan fingerprint density at radius 2 is 1.93 bits per heavy atom. The van der Waals surface area contributed by atoms with Crippen LogP contribution >= 0.6 is 24.0 Å². The third kappa shape index (κ3) is 6.97. The Kier molecular flexibility index (Phi) is 9.33. The highest BCUT2D eigenvalue weighted by molar-refractivity contribution is 14.0. The van der Waals surface area contributed by atoms with Crippen molar-refractivity contribution >= 4 is 35.6 Å². The molecular weight excluding hydrogens is 481 g/mol. The van der Waals surface area contributed by atoms with Gasteiger partial charge in [-0.15, -0.1) is 24.0 Å². The average molecular weight is 509 g/mol. The molecule has 1 unspecified atom stereocenters. The molecule has 156 valence electrons. The Morgan fingerprint density at radius 3 is 2.66 bits per heavy atom. The largest absolute Gasteiger partial charge is 0.355 e. The number of non-ortho nitro benzene ring substituents is 1. The van der Waals surface area contributed by atoms with Gasteiger partial charge in [-0.05, 0) is 30.5 Å². The summed E-state index contributed by atoms with van der Waals surface area (Å²) in [7, 11) is 1.74. The molecule has 7 nitrogen and oxygen atoms in total. The van der Waals surface area contributed by atoms with E-state index in [0.29, 0.717) is 18.5 Å². The van der Waals surface area contributed by atoms with Crippen molar-refractivity contribution < 1.29 is 4.92 Å². The molecule has 1 fully saturated rings. The summed E-state index contributed by atoms with van der Waals surface area (Å²) in [5.74, 6) is 0.707. The molecule has 1 aliphatic rings. The minimum absolute atomic E-state index is 0. The third-order valence-corrected chi connectivity index (χ3v) is 5.04. The zero-order valence-electron chi connectivity index (χ0n) is 16.6. The van der Waals surface area contributed by atoms with Crippen molar-refractivity contribution in [1.82, 2.24) is 15.5 Å². The molecule has 2 N–H and O–H groups in total. The number of nitrogens with zero attached hydrogens (tertiary/aromatic N) is 3. The molecule has 1 aliphatic heterocycles. The molecule has 2 aromatic carbocycles. The number of guanidine groups is 1. The number of nitro benzene ring substituents is 1. The molecule has 1 saturated heterocycles. The Hall–Kier alpha value is -2.20. The van der Waals surface area contributed by atoms with Crippen LogP contribution in [0.3, 0.4) is 0 Å².